The van der Waals surface area contributed by atoms with Crippen LogP contribution in [0.1, 0.15) is 34.8 Å². The highest BCUT2D eigenvalue weighted by molar-refractivity contribution is 5.94. The number of hydrogen-bond donors (Lipinski definition) is 1. The Morgan fingerprint density at radius 2 is 1.50 bits per heavy atom. The molecular weight excluding hydrogens is 344 g/mol. The Morgan fingerprint density at radius 3 is 1.92 bits per heavy atom. The molecule has 0 saturated heterocycles. The molecule has 1 rings (SSSR count). The molecule has 0 aromatic heterocycles. The zero-order valence-corrected chi connectivity index (χ0v) is 12.3. The Balaban J connectivity index is 2.97. The summed E-state index contributed by atoms with van der Waals surface area (Å²) in [6.45, 7) is 1.38. The summed E-state index contributed by atoms with van der Waals surface area (Å²) in [5, 5.41) is 2.07. The van der Waals surface area contributed by atoms with Crippen molar-refractivity contribution in [3.63, 3.8) is 0 Å². The first-order valence-corrected chi connectivity index (χ1v) is 6.68. The highest BCUT2D eigenvalue weighted by Gasteiger charge is 2.37. The average molecular weight is 357 g/mol. The molecule has 0 aliphatic rings. The van der Waals surface area contributed by atoms with Gasteiger partial charge < -0.3 is 10.1 Å². The van der Waals surface area contributed by atoms with Crippen LogP contribution in [0.25, 0.3) is 0 Å². The summed E-state index contributed by atoms with van der Waals surface area (Å²) in [5.41, 5.74) is -3.98. The van der Waals surface area contributed by atoms with Crippen LogP contribution in [0.3, 0.4) is 0 Å². The van der Waals surface area contributed by atoms with Gasteiger partial charge in [0.15, 0.2) is 0 Å². The number of carbonyl (C=O) groups is 2. The highest BCUT2D eigenvalue weighted by atomic mass is 19.4. The van der Waals surface area contributed by atoms with Crippen LogP contribution in [-0.2, 0) is 21.9 Å². The van der Waals surface area contributed by atoms with E-state index in [9.17, 15) is 35.9 Å². The maximum atomic E-state index is 12.7. The van der Waals surface area contributed by atoms with Crippen LogP contribution in [0.15, 0.2) is 18.2 Å². The predicted molar refractivity (Wildman–Crippen MR) is 70.0 cm³/mol. The first kappa shape index (κ1) is 19.8. The van der Waals surface area contributed by atoms with E-state index in [1.807, 2.05) is 0 Å². The van der Waals surface area contributed by atoms with Gasteiger partial charge >= 0.3 is 18.3 Å². The lowest BCUT2D eigenvalue weighted by Gasteiger charge is -2.14. The van der Waals surface area contributed by atoms with Gasteiger partial charge in [-0.3, -0.25) is 9.59 Å². The summed E-state index contributed by atoms with van der Waals surface area (Å²) in [5.74, 6) is -1.81. The van der Waals surface area contributed by atoms with E-state index in [0.717, 1.165) is 0 Å². The molecule has 0 bridgehead atoms. The first-order chi connectivity index (χ1) is 10.9. The molecule has 0 spiro atoms. The standard InChI is InChI=1S/C14H13F6NO3/c1-2-24-11(22)3-4-21-12(23)8-5-9(13(15,16)17)7-10(6-8)14(18,19)20/h5-7H,2-4H2,1H3,(H,21,23). The quantitative estimate of drug-likeness (QED) is 0.649. The molecule has 1 aromatic carbocycles. The Morgan fingerprint density at radius 1 is 1.00 bits per heavy atom. The molecule has 24 heavy (non-hydrogen) atoms. The van der Waals surface area contributed by atoms with Gasteiger partial charge in [-0.05, 0) is 25.1 Å². The zero-order chi connectivity index (χ0) is 18.5. The number of halogens is 6. The van der Waals surface area contributed by atoms with Gasteiger partial charge in [0.1, 0.15) is 0 Å². The van der Waals surface area contributed by atoms with Crippen molar-refractivity contribution in [3.8, 4) is 0 Å². The molecule has 0 atom stereocenters. The summed E-state index contributed by atoms with van der Waals surface area (Å²) in [6, 6.07) is 0.555. The number of hydrogen-bond acceptors (Lipinski definition) is 3. The van der Waals surface area contributed by atoms with E-state index >= 15 is 0 Å². The van der Waals surface area contributed by atoms with E-state index in [-0.39, 0.29) is 25.6 Å². The molecule has 4 nitrogen and oxygen atoms in total. The molecule has 0 radical (unpaired) electrons. The smallest absolute Gasteiger partial charge is 0.416 e. The fourth-order valence-electron chi connectivity index (χ4n) is 1.70. The van der Waals surface area contributed by atoms with Gasteiger partial charge in [-0.1, -0.05) is 0 Å². The fraction of sp³-hybridized carbons (Fsp3) is 0.429. The van der Waals surface area contributed by atoms with Crippen molar-refractivity contribution >= 4 is 11.9 Å². The molecule has 1 aromatic rings. The third-order valence-electron chi connectivity index (χ3n) is 2.77. The molecule has 0 saturated carbocycles. The van der Waals surface area contributed by atoms with Gasteiger partial charge in [-0.15, -0.1) is 0 Å². The van der Waals surface area contributed by atoms with Gasteiger partial charge in [-0.25, -0.2) is 0 Å². The average Bonchev–Trinajstić information content (AvgIpc) is 2.45. The Kier molecular flexibility index (Phi) is 6.22. The van der Waals surface area contributed by atoms with Gasteiger partial charge in [0, 0.05) is 12.1 Å². The van der Waals surface area contributed by atoms with Crippen molar-refractivity contribution in [1.29, 1.82) is 0 Å². The molecule has 1 amide bonds. The largest absolute Gasteiger partial charge is 0.466 e. The second-order valence-electron chi connectivity index (χ2n) is 4.61. The van der Waals surface area contributed by atoms with Crippen molar-refractivity contribution in [2.75, 3.05) is 13.2 Å². The first-order valence-electron chi connectivity index (χ1n) is 6.68. The summed E-state index contributed by atoms with van der Waals surface area (Å²) in [4.78, 5) is 22.8. The van der Waals surface area contributed by atoms with E-state index in [4.69, 9.17) is 0 Å². The van der Waals surface area contributed by atoms with Crippen molar-refractivity contribution in [2.45, 2.75) is 25.7 Å². The Labute approximate surface area is 132 Å². The van der Waals surface area contributed by atoms with Gasteiger partial charge in [-0.2, -0.15) is 26.3 Å². The second kappa shape index (κ2) is 7.54. The third-order valence-corrected chi connectivity index (χ3v) is 2.77. The summed E-state index contributed by atoms with van der Waals surface area (Å²) < 4.78 is 80.7. The molecule has 0 heterocycles. The number of rotatable bonds is 5. The number of benzene rings is 1. The molecule has 0 fully saturated rings. The van der Waals surface area contributed by atoms with Crippen LogP contribution in [0, 0.1) is 0 Å². The minimum atomic E-state index is -5.04. The number of nitrogens with one attached hydrogen (secondary N) is 1. The normalized spacial score (nSPS) is 12.0. The fourth-order valence-corrected chi connectivity index (χ4v) is 1.70. The number of ether oxygens (including phenoxy) is 1. The Hall–Kier alpha value is -2.26. The van der Waals surface area contributed by atoms with Crippen molar-refractivity contribution in [3.05, 3.63) is 34.9 Å². The van der Waals surface area contributed by atoms with Gasteiger partial charge in [0.2, 0.25) is 0 Å². The van der Waals surface area contributed by atoms with E-state index < -0.39 is 40.9 Å². The van der Waals surface area contributed by atoms with Crippen LogP contribution in [0.4, 0.5) is 26.3 Å². The van der Waals surface area contributed by atoms with Gasteiger partial charge in [0.05, 0.1) is 24.2 Å². The summed E-state index contributed by atoms with van der Waals surface area (Å²) in [6.07, 6.45) is -10.3. The second-order valence-corrected chi connectivity index (χ2v) is 4.61. The number of esters is 1. The van der Waals surface area contributed by atoms with Crippen LogP contribution in [0.2, 0.25) is 0 Å². The lowest BCUT2D eigenvalue weighted by atomic mass is 10.0. The minimum absolute atomic E-state index is 0.0740. The predicted octanol–water partition coefficient (Wildman–Crippen LogP) is 3.41. The maximum Gasteiger partial charge on any atom is 0.416 e. The SMILES string of the molecule is CCOC(=O)CCNC(=O)c1cc(C(F)(F)F)cc(C(F)(F)F)c1. The van der Waals surface area contributed by atoms with Crippen LogP contribution >= 0.6 is 0 Å². The molecular formula is C14H13F6NO3. The molecule has 0 aliphatic heterocycles. The monoisotopic (exact) mass is 357 g/mol. The van der Waals surface area contributed by atoms with Crippen molar-refractivity contribution in [1.82, 2.24) is 5.32 Å². The van der Waals surface area contributed by atoms with Crippen molar-refractivity contribution in [2.24, 2.45) is 0 Å². The lowest BCUT2D eigenvalue weighted by Crippen LogP contribution is -2.27. The zero-order valence-electron chi connectivity index (χ0n) is 12.3. The van der Waals surface area contributed by atoms with E-state index in [0.29, 0.717) is 12.1 Å². The summed E-state index contributed by atoms with van der Waals surface area (Å²) >= 11 is 0. The molecule has 1 N–H and O–H groups in total. The van der Waals surface area contributed by atoms with E-state index in [1.54, 1.807) is 6.92 Å². The molecule has 0 unspecified atom stereocenters. The topological polar surface area (TPSA) is 55.4 Å². The van der Waals surface area contributed by atoms with E-state index in [1.165, 1.54) is 0 Å². The number of amides is 1. The number of carbonyl (C=O) groups excluding carboxylic acids is 2. The van der Waals surface area contributed by atoms with Crippen LogP contribution < -0.4 is 5.32 Å². The minimum Gasteiger partial charge on any atom is -0.466 e. The maximum absolute atomic E-state index is 12.7. The van der Waals surface area contributed by atoms with Crippen LogP contribution in [-0.4, -0.2) is 25.0 Å². The summed E-state index contributed by atoms with van der Waals surface area (Å²) in [7, 11) is 0. The van der Waals surface area contributed by atoms with Gasteiger partial charge in [0.25, 0.3) is 5.91 Å². The van der Waals surface area contributed by atoms with Crippen molar-refractivity contribution < 1.29 is 40.7 Å². The van der Waals surface area contributed by atoms with E-state index in [2.05, 4.69) is 10.1 Å². The molecule has 134 valence electrons. The lowest BCUT2D eigenvalue weighted by molar-refractivity contribution is -0.144. The third kappa shape index (κ3) is 5.74. The van der Waals surface area contributed by atoms with Crippen LogP contribution in [0.5, 0.6) is 0 Å². The molecule has 0 aliphatic carbocycles. The molecule has 10 heteroatoms. The highest BCUT2D eigenvalue weighted by Crippen LogP contribution is 2.36. The Bertz CT molecular complexity index is 577. The number of alkyl halides is 6.